The monoisotopic (exact) mass is 462 g/mol. The normalized spacial score (nSPS) is 15.9. The topological polar surface area (TPSA) is 79.2 Å². The zero-order chi connectivity index (χ0) is 23.4. The van der Waals surface area contributed by atoms with Crippen LogP contribution in [0.5, 0.6) is 5.75 Å². The molecule has 0 saturated carbocycles. The number of hydrogen-bond donors (Lipinski definition) is 1. The number of likely N-dealkylation sites (N-methyl/N-ethyl adjacent to an activating group) is 1. The summed E-state index contributed by atoms with van der Waals surface area (Å²) in [5, 5.41) is 9.60. The third-order valence-corrected chi connectivity index (χ3v) is 5.93. The number of carboxylic acids is 1. The Labute approximate surface area is 194 Å². The van der Waals surface area contributed by atoms with Crippen LogP contribution in [0.1, 0.15) is 21.5 Å². The lowest BCUT2D eigenvalue weighted by Gasteiger charge is -2.10. The summed E-state index contributed by atoms with van der Waals surface area (Å²) in [5.41, 5.74) is 1.66. The molecule has 1 saturated heterocycles. The van der Waals surface area contributed by atoms with Gasteiger partial charge in [-0.1, -0.05) is 42.5 Å². The van der Waals surface area contributed by atoms with E-state index in [9.17, 15) is 14.0 Å². The number of ether oxygens (including phenoxy) is 1. The van der Waals surface area contributed by atoms with E-state index in [1.807, 2.05) is 12.1 Å². The second-order valence-electron chi connectivity index (χ2n) is 7.14. The molecule has 1 heterocycles. The van der Waals surface area contributed by atoms with E-state index in [-0.39, 0.29) is 23.9 Å². The number of amides is 1. The van der Waals surface area contributed by atoms with E-state index in [0.717, 1.165) is 0 Å². The number of rotatable bonds is 6. The van der Waals surface area contributed by atoms with Crippen molar-refractivity contribution in [2.45, 2.75) is 6.61 Å². The highest BCUT2D eigenvalue weighted by atomic mass is 32.2. The standard InChI is InChI=1S/C25H19FN2O4S/c1-28-23(29)22(33-25(28)27-19-10-6-9-17(13-19)24(30)31)14-16-7-3-5-12-21(16)32-15-18-8-2-4-11-20(18)26/h2-14H,15H2,1H3,(H,30,31). The first-order chi connectivity index (χ1) is 15.9. The molecule has 0 unspecified atom stereocenters. The van der Waals surface area contributed by atoms with Crippen LogP contribution < -0.4 is 4.74 Å². The second-order valence-corrected chi connectivity index (χ2v) is 8.15. The van der Waals surface area contributed by atoms with Crippen LogP contribution in [0.4, 0.5) is 10.1 Å². The Morgan fingerprint density at radius 1 is 1.12 bits per heavy atom. The maximum Gasteiger partial charge on any atom is 0.335 e. The average Bonchev–Trinajstić information content (AvgIpc) is 3.07. The van der Waals surface area contributed by atoms with E-state index in [4.69, 9.17) is 9.84 Å². The zero-order valence-corrected chi connectivity index (χ0v) is 18.4. The van der Waals surface area contributed by atoms with E-state index in [0.29, 0.717) is 32.6 Å². The van der Waals surface area contributed by atoms with Crippen LogP contribution in [0.25, 0.3) is 6.08 Å². The molecular formula is C25H19FN2O4S. The highest BCUT2D eigenvalue weighted by Crippen LogP contribution is 2.35. The maximum absolute atomic E-state index is 13.9. The number of aliphatic imine (C=N–C) groups is 1. The minimum atomic E-state index is -1.05. The number of carbonyl (C=O) groups is 2. The summed E-state index contributed by atoms with van der Waals surface area (Å²) in [5.74, 6) is -1.11. The molecule has 0 spiro atoms. The van der Waals surface area contributed by atoms with Gasteiger partial charge in [0.25, 0.3) is 5.91 Å². The van der Waals surface area contributed by atoms with Gasteiger partial charge in [-0.25, -0.2) is 14.2 Å². The largest absolute Gasteiger partial charge is 0.488 e. The molecule has 1 fully saturated rings. The first-order valence-corrected chi connectivity index (χ1v) is 10.8. The fraction of sp³-hybridized carbons (Fsp3) is 0.0800. The molecule has 166 valence electrons. The van der Waals surface area contributed by atoms with Gasteiger partial charge in [0.05, 0.1) is 16.2 Å². The molecule has 1 N–H and O–H groups in total. The van der Waals surface area contributed by atoms with Crippen molar-refractivity contribution in [2.75, 3.05) is 7.05 Å². The van der Waals surface area contributed by atoms with Gasteiger partial charge in [0, 0.05) is 18.2 Å². The smallest absolute Gasteiger partial charge is 0.335 e. The molecule has 8 heteroatoms. The lowest BCUT2D eigenvalue weighted by atomic mass is 10.1. The van der Waals surface area contributed by atoms with Crippen molar-refractivity contribution >= 4 is 40.6 Å². The van der Waals surface area contributed by atoms with Crippen LogP contribution in [0.15, 0.2) is 82.7 Å². The molecule has 1 amide bonds. The van der Waals surface area contributed by atoms with Gasteiger partial charge < -0.3 is 9.84 Å². The molecule has 0 radical (unpaired) electrons. The van der Waals surface area contributed by atoms with Crippen LogP contribution in [0.2, 0.25) is 0 Å². The number of aromatic carboxylic acids is 1. The summed E-state index contributed by atoms with van der Waals surface area (Å²) < 4.78 is 19.7. The first kappa shape index (κ1) is 22.3. The predicted molar refractivity (Wildman–Crippen MR) is 126 cm³/mol. The van der Waals surface area contributed by atoms with Crippen molar-refractivity contribution in [2.24, 2.45) is 4.99 Å². The minimum absolute atomic E-state index is 0.0560. The summed E-state index contributed by atoms with van der Waals surface area (Å²) in [6, 6.07) is 19.8. The first-order valence-electron chi connectivity index (χ1n) is 9.97. The summed E-state index contributed by atoms with van der Waals surface area (Å²) in [6.07, 6.45) is 1.70. The van der Waals surface area contributed by atoms with Gasteiger partial charge in [0.2, 0.25) is 0 Å². The molecule has 0 atom stereocenters. The van der Waals surface area contributed by atoms with Gasteiger partial charge in [-0.2, -0.15) is 0 Å². The summed E-state index contributed by atoms with van der Waals surface area (Å²) in [7, 11) is 1.61. The third kappa shape index (κ3) is 5.12. The number of nitrogens with zero attached hydrogens (tertiary/aromatic N) is 2. The Balaban J connectivity index is 1.57. The van der Waals surface area contributed by atoms with Crippen LogP contribution >= 0.6 is 11.8 Å². The van der Waals surface area contributed by atoms with Crippen molar-refractivity contribution in [1.82, 2.24) is 4.90 Å². The van der Waals surface area contributed by atoms with E-state index in [2.05, 4.69) is 4.99 Å². The van der Waals surface area contributed by atoms with Crippen LogP contribution in [0, 0.1) is 5.82 Å². The van der Waals surface area contributed by atoms with Crippen LogP contribution in [-0.4, -0.2) is 34.1 Å². The summed E-state index contributed by atoms with van der Waals surface area (Å²) in [4.78, 5) is 30.3. The molecule has 0 bridgehead atoms. The molecule has 0 aromatic heterocycles. The Morgan fingerprint density at radius 2 is 1.88 bits per heavy atom. The highest BCUT2D eigenvalue weighted by Gasteiger charge is 2.30. The number of para-hydroxylation sites is 1. The SMILES string of the molecule is CN1C(=O)C(=Cc2ccccc2OCc2ccccc2F)SC1=Nc1cccc(C(=O)O)c1. The number of hydrogen-bond acceptors (Lipinski definition) is 5. The summed E-state index contributed by atoms with van der Waals surface area (Å²) >= 11 is 1.18. The van der Waals surface area contributed by atoms with Crippen molar-refractivity contribution in [3.63, 3.8) is 0 Å². The lowest BCUT2D eigenvalue weighted by Crippen LogP contribution is -2.23. The van der Waals surface area contributed by atoms with E-state index in [1.165, 1.54) is 34.9 Å². The minimum Gasteiger partial charge on any atom is -0.488 e. The quantitative estimate of drug-likeness (QED) is 0.501. The van der Waals surface area contributed by atoms with Gasteiger partial charge in [0.15, 0.2) is 5.17 Å². The van der Waals surface area contributed by atoms with Crippen molar-refractivity contribution < 1.29 is 23.8 Å². The Kier molecular flexibility index (Phi) is 6.55. The predicted octanol–water partition coefficient (Wildman–Crippen LogP) is 5.34. The molecule has 1 aliphatic rings. The Bertz CT molecular complexity index is 1290. The molecule has 0 aliphatic carbocycles. The fourth-order valence-electron chi connectivity index (χ4n) is 3.11. The van der Waals surface area contributed by atoms with Crippen molar-refractivity contribution in [1.29, 1.82) is 0 Å². The van der Waals surface area contributed by atoms with Gasteiger partial charge in [0.1, 0.15) is 18.2 Å². The van der Waals surface area contributed by atoms with Crippen molar-refractivity contribution in [3.05, 3.63) is 100 Å². The van der Waals surface area contributed by atoms with Crippen LogP contribution in [0.3, 0.4) is 0 Å². The Hall–Kier alpha value is -3.91. The van der Waals surface area contributed by atoms with Crippen LogP contribution in [-0.2, 0) is 11.4 Å². The third-order valence-electron chi connectivity index (χ3n) is 4.87. The number of carboxylic acid groups (broad SMARTS) is 1. The van der Waals surface area contributed by atoms with Gasteiger partial charge >= 0.3 is 5.97 Å². The van der Waals surface area contributed by atoms with E-state index < -0.39 is 5.97 Å². The molecular weight excluding hydrogens is 443 g/mol. The number of carbonyl (C=O) groups excluding carboxylic acids is 1. The number of amidine groups is 1. The van der Waals surface area contributed by atoms with E-state index in [1.54, 1.807) is 55.6 Å². The Morgan fingerprint density at radius 3 is 2.67 bits per heavy atom. The maximum atomic E-state index is 13.9. The number of thioether (sulfide) groups is 1. The average molecular weight is 463 g/mol. The second kappa shape index (κ2) is 9.70. The van der Waals surface area contributed by atoms with Crippen molar-refractivity contribution in [3.8, 4) is 5.75 Å². The number of halogens is 1. The molecule has 3 aromatic rings. The molecule has 33 heavy (non-hydrogen) atoms. The van der Waals surface area contributed by atoms with Gasteiger partial charge in [-0.05, 0) is 48.2 Å². The van der Waals surface area contributed by atoms with Gasteiger partial charge in [-0.15, -0.1) is 0 Å². The van der Waals surface area contributed by atoms with Gasteiger partial charge in [-0.3, -0.25) is 9.69 Å². The number of benzene rings is 3. The summed E-state index contributed by atoms with van der Waals surface area (Å²) in [6.45, 7) is 0.0560. The molecule has 3 aromatic carbocycles. The fourth-order valence-corrected chi connectivity index (χ4v) is 4.09. The zero-order valence-electron chi connectivity index (χ0n) is 17.6. The molecule has 1 aliphatic heterocycles. The molecule has 4 rings (SSSR count). The van der Waals surface area contributed by atoms with E-state index >= 15 is 0 Å². The lowest BCUT2D eigenvalue weighted by molar-refractivity contribution is -0.121. The highest BCUT2D eigenvalue weighted by molar-refractivity contribution is 8.18. The molecule has 6 nitrogen and oxygen atoms in total.